The number of nitrogens with two attached hydrogens (primary N) is 2. The van der Waals surface area contributed by atoms with Gasteiger partial charge in [-0.05, 0) is 6.07 Å². The molecule has 0 fully saturated rings. The lowest BCUT2D eigenvalue weighted by Gasteiger charge is -2.06. The van der Waals surface area contributed by atoms with Crippen molar-refractivity contribution in [2.75, 3.05) is 5.73 Å². The summed E-state index contributed by atoms with van der Waals surface area (Å²) in [6.45, 7) is -0.0103. The van der Waals surface area contributed by atoms with Crippen molar-refractivity contribution in [1.82, 2.24) is 4.98 Å². The molecule has 0 atom stereocenters. The van der Waals surface area contributed by atoms with E-state index in [4.69, 9.17) is 23.1 Å². The van der Waals surface area contributed by atoms with Crippen LogP contribution in [0.2, 0.25) is 5.02 Å². The molecule has 1 aromatic heterocycles. The lowest BCUT2D eigenvalue weighted by atomic mass is 10.2. The summed E-state index contributed by atoms with van der Waals surface area (Å²) in [5.41, 5.74) is 10.5. The smallest absolute Gasteiger partial charge is 0.280 e. The summed E-state index contributed by atoms with van der Waals surface area (Å²) in [5, 5.41) is 0.145. The van der Waals surface area contributed by atoms with Gasteiger partial charge >= 0.3 is 0 Å². The van der Waals surface area contributed by atoms with Gasteiger partial charge in [-0.15, -0.1) is 0 Å². The molecule has 0 aromatic carbocycles. The van der Waals surface area contributed by atoms with Gasteiger partial charge in [0, 0.05) is 6.54 Å². The first-order valence-corrected chi connectivity index (χ1v) is 3.87. The van der Waals surface area contributed by atoms with Crippen molar-refractivity contribution >= 4 is 17.3 Å². The van der Waals surface area contributed by atoms with Gasteiger partial charge in [0.15, 0.2) is 0 Å². The normalized spacial score (nSPS) is 10.8. The Hall–Kier alpha value is -0.940. The van der Waals surface area contributed by atoms with Gasteiger partial charge in [0.1, 0.15) is 5.69 Å². The fraction of sp³-hybridized carbons (Fsp3) is 0.286. The van der Waals surface area contributed by atoms with E-state index in [2.05, 4.69) is 4.98 Å². The minimum Gasteiger partial charge on any atom is -0.397 e. The zero-order valence-corrected chi connectivity index (χ0v) is 7.35. The largest absolute Gasteiger partial charge is 0.397 e. The number of pyridine rings is 1. The van der Waals surface area contributed by atoms with Crippen LogP contribution in [0.3, 0.4) is 0 Å². The van der Waals surface area contributed by atoms with E-state index in [1.165, 1.54) is 0 Å². The van der Waals surface area contributed by atoms with Crippen molar-refractivity contribution in [3.05, 3.63) is 22.5 Å². The van der Waals surface area contributed by atoms with Crippen molar-refractivity contribution < 1.29 is 8.78 Å². The van der Waals surface area contributed by atoms with E-state index in [9.17, 15) is 8.78 Å². The van der Waals surface area contributed by atoms with Gasteiger partial charge in [-0.1, -0.05) is 11.6 Å². The molecule has 4 N–H and O–H groups in total. The van der Waals surface area contributed by atoms with E-state index in [1.54, 1.807) is 0 Å². The highest BCUT2D eigenvalue weighted by atomic mass is 35.5. The van der Waals surface area contributed by atoms with Crippen LogP contribution >= 0.6 is 11.6 Å². The molecule has 1 aromatic rings. The maximum atomic E-state index is 12.2. The van der Waals surface area contributed by atoms with Gasteiger partial charge in [0.25, 0.3) is 6.43 Å². The van der Waals surface area contributed by atoms with Crippen LogP contribution in [0.4, 0.5) is 14.5 Å². The minimum atomic E-state index is -2.66. The lowest BCUT2D eigenvalue weighted by molar-refractivity contribution is 0.146. The van der Waals surface area contributed by atoms with Crippen molar-refractivity contribution in [1.29, 1.82) is 0 Å². The van der Waals surface area contributed by atoms with Crippen LogP contribution in [-0.4, -0.2) is 4.98 Å². The lowest BCUT2D eigenvalue weighted by Crippen LogP contribution is -2.06. The molecular formula is C7H8ClF2N3. The van der Waals surface area contributed by atoms with E-state index >= 15 is 0 Å². The molecule has 0 aliphatic heterocycles. The molecule has 72 valence electrons. The van der Waals surface area contributed by atoms with Gasteiger partial charge < -0.3 is 11.5 Å². The Morgan fingerprint density at radius 3 is 2.62 bits per heavy atom. The molecular weight excluding hydrogens is 200 g/mol. The number of aromatic nitrogens is 1. The van der Waals surface area contributed by atoms with Gasteiger partial charge in [-0.3, -0.25) is 0 Å². The van der Waals surface area contributed by atoms with Crippen LogP contribution in [0.1, 0.15) is 17.8 Å². The predicted octanol–water partition coefficient (Wildman–Crippen LogP) is 1.71. The number of nitrogens with zero attached hydrogens (tertiary/aromatic N) is 1. The number of nitrogen functional groups attached to an aromatic ring is 1. The molecule has 0 saturated heterocycles. The van der Waals surface area contributed by atoms with E-state index in [-0.39, 0.29) is 22.9 Å². The van der Waals surface area contributed by atoms with Crippen LogP contribution in [0, 0.1) is 0 Å². The molecule has 0 saturated carbocycles. The average molecular weight is 208 g/mol. The molecule has 0 spiro atoms. The van der Waals surface area contributed by atoms with Crippen molar-refractivity contribution in [3.8, 4) is 0 Å². The van der Waals surface area contributed by atoms with E-state index < -0.39 is 12.1 Å². The fourth-order valence-corrected chi connectivity index (χ4v) is 1.05. The number of alkyl halides is 2. The Morgan fingerprint density at radius 2 is 2.15 bits per heavy atom. The van der Waals surface area contributed by atoms with Gasteiger partial charge in [-0.25, -0.2) is 13.8 Å². The Kier molecular flexibility index (Phi) is 3.00. The second-order valence-electron chi connectivity index (χ2n) is 2.40. The van der Waals surface area contributed by atoms with Crippen LogP contribution in [0.5, 0.6) is 0 Å². The Morgan fingerprint density at radius 1 is 1.54 bits per heavy atom. The standard InChI is InChI=1S/C7H8ClF2N3/c8-6-3(12)1-4(7(9)10)13-5(6)2-11/h1,7H,2,11H2,(H2,12,13). The summed E-state index contributed by atoms with van der Waals surface area (Å²) >= 11 is 5.66. The number of hydrogen-bond acceptors (Lipinski definition) is 3. The second-order valence-corrected chi connectivity index (χ2v) is 2.78. The average Bonchev–Trinajstić information content (AvgIpc) is 2.09. The molecule has 13 heavy (non-hydrogen) atoms. The summed E-state index contributed by atoms with van der Waals surface area (Å²) in [4.78, 5) is 3.56. The zero-order chi connectivity index (χ0) is 10.0. The molecule has 1 rings (SSSR count). The molecule has 0 aliphatic rings. The first kappa shape index (κ1) is 10.1. The molecule has 0 radical (unpaired) electrons. The zero-order valence-electron chi connectivity index (χ0n) is 6.60. The fourth-order valence-electron chi connectivity index (χ4n) is 0.874. The molecule has 0 aliphatic carbocycles. The van der Waals surface area contributed by atoms with Crippen molar-refractivity contribution in [2.45, 2.75) is 13.0 Å². The van der Waals surface area contributed by atoms with Crippen LogP contribution in [0.25, 0.3) is 0 Å². The van der Waals surface area contributed by atoms with E-state index in [1.807, 2.05) is 0 Å². The second kappa shape index (κ2) is 3.85. The molecule has 0 bridgehead atoms. The third-order valence-corrected chi connectivity index (χ3v) is 1.93. The highest BCUT2D eigenvalue weighted by molar-refractivity contribution is 6.33. The van der Waals surface area contributed by atoms with Gasteiger partial charge in [0.2, 0.25) is 0 Å². The molecule has 0 amide bonds. The molecule has 0 unspecified atom stereocenters. The third kappa shape index (κ3) is 2.05. The first-order chi connectivity index (χ1) is 6.06. The SMILES string of the molecule is NCc1nc(C(F)F)cc(N)c1Cl. The topological polar surface area (TPSA) is 64.9 Å². The molecule has 3 nitrogen and oxygen atoms in total. The summed E-state index contributed by atoms with van der Waals surface area (Å²) in [6, 6.07) is 1.05. The van der Waals surface area contributed by atoms with Crippen LogP contribution in [-0.2, 0) is 6.54 Å². The maximum Gasteiger partial charge on any atom is 0.280 e. The van der Waals surface area contributed by atoms with E-state index in [0.717, 1.165) is 6.07 Å². The predicted molar refractivity (Wildman–Crippen MR) is 46.5 cm³/mol. The highest BCUT2D eigenvalue weighted by Gasteiger charge is 2.13. The third-order valence-electron chi connectivity index (χ3n) is 1.49. The summed E-state index contributed by atoms with van der Waals surface area (Å²) in [6.07, 6.45) is -2.66. The maximum absolute atomic E-state index is 12.2. The van der Waals surface area contributed by atoms with E-state index in [0.29, 0.717) is 0 Å². The number of hydrogen-bond donors (Lipinski definition) is 2. The number of anilines is 1. The molecule has 6 heteroatoms. The Labute approximate surface area is 78.7 Å². The minimum absolute atomic E-state index is 0.0103. The van der Waals surface area contributed by atoms with Crippen LogP contribution < -0.4 is 11.5 Å². The first-order valence-electron chi connectivity index (χ1n) is 3.49. The van der Waals surface area contributed by atoms with Gasteiger partial charge in [0.05, 0.1) is 16.4 Å². The Balaban J connectivity index is 3.22. The number of halogens is 3. The summed E-state index contributed by atoms with van der Waals surface area (Å²) in [5.74, 6) is 0. The van der Waals surface area contributed by atoms with Crippen molar-refractivity contribution in [3.63, 3.8) is 0 Å². The summed E-state index contributed by atoms with van der Waals surface area (Å²) in [7, 11) is 0. The van der Waals surface area contributed by atoms with Gasteiger partial charge in [-0.2, -0.15) is 0 Å². The Bertz CT molecular complexity index is 317. The summed E-state index contributed by atoms with van der Waals surface area (Å²) < 4.78 is 24.4. The van der Waals surface area contributed by atoms with Crippen molar-refractivity contribution in [2.24, 2.45) is 5.73 Å². The highest BCUT2D eigenvalue weighted by Crippen LogP contribution is 2.26. The monoisotopic (exact) mass is 207 g/mol. The van der Waals surface area contributed by atoms with Crippen LogP contribution in [0.15, 0.2) is 6.07 Å². The molecule has 1 heterocycles. The quantitative estimate of drug-likeness (QED) is 0.776. The number of rotatable bonds is 2.